The van der Waals surface area contributed by atoms with Crippen LogP contribution in [0.25, 0.3) is 27.7 Å². The molecule has 2 N–H and O–H groups in total. The highest BCUT2D eigenvalue weighted by molar-refractivity contribution is 6.01. The first-order valence-corrected chi connectivity index (χ1v) is 13.3. The Balaban J connectivity index is 1.72. The van der Waals surface area contributed by atoms with Gasteiger partial charge < -0.3 is 24.8 Å². The first kappa shape index (κ1) is 28.1. The molecule has 206 valence electrons. The van der Waals surface area contributed by atoms with Gasteiger partial charge in [-0.1, -0.05) is 31.7 Å². The third kappa shape index (κ3) is 6.23. The number of para-hydroxylation sites is 1. The number of rotatable bonds is 9. The van der Waals surface area contributed by atoms with Crippen molar-refractivity contribution >= 4 is 22.5 Å². The Morgan fingerprint density at radius 1 is 1.33 bits per heavy atom. The van der Waals surface area contributed by atoms with Crippen LogP contribution in [0.4, 0.5) is 4.39 Å². The quantitative estimate of drug-likeness (QED) is 0.280. The monoisotopic (exact) mass is 531 g/mol. The standard InChI is InChI=1S/C31H38FN5O2/c1-7-37-14-10-11-23(19-37)35-29(21(3)32)26(31(38)36(4)5)15-20(2)22-16-25-27(18-34-30(25)33-17-22)24-12-8-9-13-28(24)39-6/h8-9,12-13,15-18,23,35H,2,7,10-11,14,19H2,1,3-6H3,(H,33,34)/b26-15+,29-21-. The fourth-order valence-electron chi connectivity index (χ4n) is 5.04. The topological polar surface area (TPSA) is 73.5 Å². The number of aromatic nitrogens is 2. The number of carbonyl (C=O) groups excluding carboxylic acids is 1. The Morgan fingerprint density at radius 2 is 2.10 bits per heavy atom. The molecule has 0 radical (unpaired) electrons. The maximum atomic E-state index is 15.0. The van der Waals surface area contributed by atoms with Crippen LogP contribution in [-0.2, 0) is 4.79 Å². The van der Waals surface area contributed by atoms with Crippen molar-refractivity contribution in [3.05, 3.63) is 78.0 Å². The number of ether oxygens (including phenoxy) is 1. The van der Waals surface area contributed by atoms with Gasteiger partial charge in [0.25, 0.3) is 5.91 Å². The van der Waals surface area contributed by atoms with Gasteiger partial charge in [-0.3, -0.25) is 4.79 Å². The van der Waals surface area contributed by atoms with Crippen LogP contribution in [0.15, 0.2) is 72.5 Å². The van der Waals surface area contributed by atoms with E-state index in [4.69, 9.17) is 4.74 Å². The van der Waals surface area contributed by atoms with Crippen LogP contribution in [0.3, 0.4) is 0 Å². The van der Waals surface area contributed by atoms with Crippen molar-refractivity contribution in [1.29, 1.82) is 0 Å². The number of nitrogens with zero attached hydrogens (tertiary/aromatic N) is 3. The van der Waals surface area contributed by atoms with Crippen molar-refractivity contribution in [2.75, 3.05) is 40.8 Å². The second-order valence-electron chi connectivity index (χ2n) is 10.1. The molecule has 1 fully saturated rings. The average Bonchev–Trinajstić information content (AvgIpc) is 3.37. The molecule has 0 spiro atoms. The highest BCUT2D eigenvalue weighted by Gasteiger charge is 2.25. The number of halogens is 1. The minimum atomic E-state index is -0.435. The Hall–Kier alpha value is -3.91. The molecule has 0 aliphatic carbocycles. The van der Waals surface area contributed by atoms with E-state index in [0.717, 1.165) is 65.9 Å². The molecule has 1 amide bonds. The van der Waals surface area contributed by atoms with E-state index in [1.165, 1.54) is 11.8 Å². The Labute approximate surface area is 230 Å². The lowest BCUT2D eigenvalue weighted by Crippen LogP contribution is -2.46. The summed E-state index contributed by atoms with van der Waals surface area (Å²) in [6, 6.07) is 9.83. The molecule has 0 bridgehead atoms. The van der Waals surface area contributed by atoms with Gasteiger partial charge in [-0.05, 0) is 56.6 Å². The second-order valence-corrected chi connectivity index (χ2v) is 10.1. The number of nitrogens with one attached hydrogen (secondary N) is 2. The first-order valence-electron chi connectivity index (χ1n) is 13.3. The fraction of sp³-hybridized carbons (Fsp3) is 0.355. The third-order valence-electron chi connectivity index (χ3n) is 7.17. The van der Waals surface area contributed by atoms with Gasteiger partial charge in [0.2, 0.25) is 0 Å². The minimum Gasteiger partial charge on any atom is -0.496 e. The van der Waals surface area contributed by atoms with E-state index in [1.807, 2.05) is 36.5 Å². The molecular formula is C31H38FN5O2. The zero-order valence-electron chi connectivity index (χ0n) is 23.5. The highest BCUT2D eigenvalue weighted by Crippen LogP contribution is 2.35. The molecule has 39 heavy (non-hydrogen) atoms. The lowest BCUT2D eigenvalue weighted by Gasteiger charge is -2.34. The predicted molar refractivity (Wildman–Crippen MR) is 156 cm³/mol. The second kappa shape index (κ2) is 12.3. The van der Waals surface area contributed by atoms with E-state index in [0.29, 0.717) is 5.57 Å². The normalized spacial score (nSPS) is 17.1. The van der Waals surface area contributed by atoms with Crippen LogP contribution in [0.5, 0.6) is 5.75 Å². The number of carbonyl (C=O) groups is 1. The van der Waals surface area contributed by atoms with Gasteiger partial charge in [0, 0.05) is 61.2 Å². The molecule has 8 heteroatoms. The van der Waals surface area contributed by atoms with Crippen LogP contribution in [0.2, 0.25) is 0 Å². The van der Waals surface area contributed by atoms with Crippen LogP contribution in [-0.4, -0.2) is 72.6 Å². The molecule has 2 aromatic heterocycles. The molecule has 1 aliphatic rings. The molecule has 1 unspecified atom stereocenters. The lowest BCUT2D eigenvalue weighted by molar-refractivity contribution is -0.124. The number of hydrogen-bond donors (Lipinski definition) is 2. The largest absolute Gasteiger partial charge is 0.496 e. The Morgan fingerprint density at radius 3 is 2.79 bits per heavy atom. The number of hydrogen-bond acceptors (Lipinski definition) is 5. The summed E-state index contributed by atoms with van der Waals surface area (Å²) in [5, 5.41) is 4.25. The fourth-order valence-corrected chi connectivity index (χ4v) is 5.04. The molecular weight excluding hydrogens is 493 g/mol. The van der Waals surface area contributed by atoms with Gasteiger partial charge in [0.1, 0.15) is 17.2 Å². The summed E-state index contributed by atoms with van der Waals surface area (Å²) in [7, 11) is 4.97. The molecule has 7 nitrogen and oxygen atoms in total. The van der Waals surface area contributed by atoms with Gasteiger partial charge in [-0.25, -0.2) is 9.37 Å². The smallest absolute Gasteiger partial charge is 0.255 e. The zero-order valence-corrected chi connectivity index (χ0v) is 23.5. The van der Waals surface area contributed by atoms with Crippen molar-refractivity contribution in [1.82, 2.24) is 25.1 Å². The number of allylic oxidation sites excluding steroid dienone is 3. The van der Waals surface area contributed by atoms with Crippen molar-refractivity contribution in [2.45, 2.75) is 32.7 Å². The number of benzene rings is 1. The molecule has 3 heterocycles. The van der Waals surface area contributed by atoms with E-state index in [2.05, 4.69) is 33.7 Å². The van der Waals surface area contributed by atoms with E-state index < -0.39 is 5.83 Å². The zero-order chi connectivity index (χ0) is 28.1. The van der Waals surface area contributed by atoms with E-state index in [1.54, 1.807) is 33.5 Å². The van der Waals surface area contributed by atoms with Crippen molar-refractivity contribution in [3.63, 3.8) is 0 Å². The summed E-state index contributed by atoms with van der Waals surface area (Å²) < 4.78 is 20.6. The van der Waals surface area contributed by atoms with E-state index >= 15 is 4.39 Å². The van der Waals surface area contributed by atoms with Crippen molar-refractivity contribution in [3.8, 4) is 16.9 Å². The number of H-pyrrole nitrogens is 1. The van der Waals surface area contributed by atoms with Crippen LogP contribution >= 0.6 is 0 Å². The molecule has 1 aromatic carbocycles. The van der Waals surface area contributed by atoms with Gasteiger partial charge in [0.05, 0.1) is 18.4 Å². The molecule has 0 saturated carbocycles. The van der Waals surface area contributed by atoms with E-state index in [-0.39, 0.29) is 23.2 Å². The van der Waals surface area contributed by atoms with Crippen LogP contribution in [0.1, 0.15) is 32.3 Å². The maximum Gasteiger partial charge on any atom is 0.255 e. The van der Waals surface area contributed by atoms with Gasteiger partial charge in [0.15, 0.2) is 0 Å². The molecule has 1 saturated heterocycles. The number of likely N-dealkylation sites (N-methyl/N-ethyl adjacent to an activating group) is 2. The summed E-state index contributed by atoms with van der Waals surface area (Å²) in [5.74, 6) is 0.0183. The van der Waals surface area contributed by atoms with Crippen molar-refractivity contribution in [2.24, 2.45) is 0 Å². The summed E-state index contributed by atoms with van der Waals surface area (Å²) in [6.07, 6.45) is 7.21. The van der Waals surface area contributed by atoms with Crippen LogP contribution in [0, 0.1) is 0 Å². The molecule has 3 aromatic rings. The highest BCUT2D eigenvalue weighted by atomic mass is 19.1. The van der Waals surface area contributed by atoms with Crippen LogP contribution < -0.4 is 10.1 Å². The minimum absolute atomic E-state index is 0.0484. The maximum absolute atomic E-state index is 15.0. The third-order valence-corrected chi connectivity index (χ3v) is 7.17. The van der Waals surface area contributed by atoms with E-state index in [9.17, 15) is 4.79 Å². The summed E-state index contributed by atoms with van der Waals surface area (Å²) in [4.78, 5) is 24.9. The Bertz CT molecular complexity index is 1420. The number of likely N-dealkylation sites (tertiary alicyclic amines) is 1. The van der Waals surface area contributed by atoms with Gasteiger partial charge in [-0.15, -0.1) is 0 Å². The number of pyridine rings is 1. The Kier molecular flexibility index (Phi) is 8.86. The SMILES string of the molecule is C=C(/C=C(C(=O)N(C)C)\C(NC1CCCN(CC)C1)=C(/C)F)c1cnc2[nH]cc(-c3ccccc3OC)c2c1. The number of piperidine rings is 1. The number of fused-ring (bicyclic) bond motifs is 1. The van der Waals surface area contributed by atoms with Gasteiger partial charge in [-0.2, -0.15) is 0 Å². The first-order chi connectivity index (χ1) is 18.7. The number of methoxy groups -OCH3 is 1. The molecule has 1 aliphatic heterocycles. The van der Waals surface area contributed by atoms with Crippen molar-refractivity contribution < 1.29 is 13.9 Å². The predicted octanol–water partition coefficient (Wildman–Crippen LogP) is 5.54. The van der Waals surface area contributed by atoms with Gasteiger partial charge >= 0.3 is 0 Å². The molecule has 4 rings (SSSR count). The summed E-state index contributed by atoms with van der Waals surface area (Å²) >= 11 is 0. The lowest BCUT2D eigenvalue weighted by atomic mass is 9.99. The molecule has 1 atom stereocenters. The summed E-state index contributed by atoms with van der Waals surface area (Å²) in [5.41, 5.74) is 4.33. The number of amides is 1. The number of aromatic amines is 1. The average molecular weight is 532 g/mol. The summed E-state index contributed by atoms with van der Waals surface area (Å²) in [6.45, 7) is 10.5.